The molecule has 0 aliphatic heterocycles. The maximum absolute atomic E-state index is 13.0. The van der Waals surface area contributed by atoms with Crippen LogP contribution in [0.15, 0.2) is 77.9 Å². The van der Waals surface area contributed by atoms with Crippen molar-refractivity contribution in [2.24, 2.45) is 0 Å². The molecule has 156 valence electrons. The summed E-state index contributed by atoms with van der Waals surface area (Å²) in [7, 11) is 1.61. The van der Waals surface area contributed by atoms with Gasteiger partial charge in [0.15, 0.2) is 0 Å². The Hall–Kier alpha value is -3.93. The number of rotatable bonds is 6. The number of aromatic nitrogens is 2. The van der Waals surface area contributed by atoms with Gasteiger partial charge < -0.3 is 10.1 Å². The zero-order valence-corrected chi connectivity index (χ0v) is 17.5. The van der Waals surface area contributed by atoms with E-state index in [1.54, 1.807) is 25.3 Å². The molecule has 0 fully saturated rings. The van der Waals surface area contributed by atoms with Crippen LogP contribution in [0.1, 0.15) is 27.0 Å². The van der Waals surface area contributed by atoms with Crippen molar-refractivity contribution in [2.45, 2.75) is 20.0 Å². The summed E-state index contributed by atoms with van der Waals surface area (Å²) < 4.78 is 6.71. The number of hydrogen-bond acceptors (Lipinski definition) is 4. The van der Waals surface area contributed by atoms with E-state index in [4.69, 9.17) is 4.74 Å². The average molecular weight is 413 g/mol. The number of carbonyl (C=O) groups excluding carboxylic acids is 1. The van der Waals surface area contributed by atoms with Crippen LogP contribution in [0.5, 0.6) is 5.75 Å². The normalized spacial score (nSPS) is 10.8. The van der Waals surface area contributed by atoms with Crippen molar-refractivity contribution >= 4 is 16.8 Å². The molecule has 0 aliphatic carbocycles. The van der Waals surface area contributed by atoms with Gasteiger partial charge in [0.2, 0.25) is 0 Å². The van der Waals surface area contributed by atoms with E-state index in [9.17, 15) is 9.59 Å². The molecule has 31 heavy (non-hydrogen) atoms. The van der Waals surface area contributed by atoms with Crippen molar-refractivity contribution in [1.29, 1.82) is 0 Å². The molecular weight excluding hydrogens is 390 g/mol. The summed E-state index contributed by atoms with van der Waals surface area (Å²) in [6, 6.07) is 20.5. The monoisotopic (exact) mass is 413 g/mol. The largest absolute Gasteiger partial charge is 0.497 e. The minimum absolute atomic E-state index is 0.186. The third-order valence-electron chi connectivity index (χ3n) is 5.17. The van der Waals surface area contributed by atoms with Gasteiger partial charge >= 0.3 is 0 Å². The Bertz CT molecular complexity index is 1280. The first-order chi connectivity index (χ1) is 15.0. The summed E-state index contributed by atoms with van der Waals surface area (Å²) >= 11 is 0. The summed E-state index contributed by atoms with van der Waals surface area (Å²) in [5.41, 5.74) is 3.95. The molecule has 1 amide bonds. The van der Waals surface area contributed by atoms with Crippen molar-refractivity contribution in [3.05, 3.63) is 106 Å². The number of carbonyl (C=O) groups is 1. The standard InChI is InChI=1S/C25H23N3O3/c1-17-3-5-18(6-4-17)14-26-24(29)20-9-12-23-22(13-20)25(30)28(16-27-23)15-19-7-10-21(31-2)11-8-19/h3-13,16H,14-15H2,1-2H3,(H,26,29). The van der Waals surface area contributed by atoms with Crippen LogP contribution in [0, 0.1) is 6.92 Å². The number of aryl methyl sites for hydroxylation is 1. The molecule has 4 rings (SSSR count). The van der Waals surface area contributed by atoms with Crippen LogP contribution in [-0.2, 0) is 13.1 Å². The quantitative estimate of drug-likeness (QED) is 0.523. The van der Waals surface area contributed by atoms with E-state index in [1.807, 2.05) is 55.5 Å². The molecule has 0 saturated heterocycles. The summed E-state index contributed by atoms with van der Waals surface area (Å²) in [6.07, 6.45) is 1.53. The number of fused-ring (bicyclic) bond motifs is 1. The van der Waals surface area contributed by atoms with Gasteiger partial charge in [-0.15, -0.1) is 0 Å². The lowest BCUT2D eigenvalue weighted by molar-refractivity contribution is 0.0951. The second-order valence-corrected chi connectivity index (χ2v) is 7.43. The van der Waals surface area contributed by atoms with Crippen molar-refractivity contribution < 1.29 is 9.53 Å². The molecule has 4 aromatic rings. The van der Waals surface area contributed by atoms with Gasteiger partial charge in [-0.25, -0.2) is 4.98 Å². The number of ether oxygens (including phenoxy) is 1. The first-order valence-corrected chi connectivity index (χ1v) is 9.99. The number of nitrogens with one attached hydrogen (secondary N) is 1. The van der Waals surface area contributed by atoms with Gasteiger partial charge in [0.25, 0.3) is 11.5 Å². The molecule has 6 nitrogen and oxygen atoms in total. The lowest BCUT2D eigenvalue weighted by atomic mass is 10.1. The second kappa shape index (κ2) is 8.83. The fourth-order valence-corrected chi connectivity index (χ4v) is 3.33. The second-order valence-electron chi connectivity index (χ2n) is 7.43. The third-order valence-corrected chi connectivity index (χ3v) is 5.17. The molecular formula is C25H23N3O3. The smallest absolute Gasteiger partial charge is 0.261 e. The van der Waals surface area contributed by atoms with E-state index >= 15 is 0 Å². The number of hydrogen-bond donors (Lipinski definition) is 1. The van der Waals surface area contributed by atoms with Gasteiger partial charge in [0.1, 0.15) is 5.75 Å². The minimum atomic E-state index is -0.229. The van der Waals surface area contributed by atoms with Gasteiger partial charge in [-0.1, -0.05) is 42.0 Å². The van der Waals surface area contributed by atoms with E-state index in [1.165, 1.54) is 16.5 Å². The van der Waals surface area contributed by atoms with Crippen molar-refractivity contribution in [2.75, 3.05) is 7.11 Å². The van der Waals surface area contributed by atoms with E-state index in [0.29, 0.717) is 29.6 Å². The maximum atomic E-state index is 13.0. The molecule has 1 heterocycles. The van der Waals surface area contributed by atoms with Crippen LogP contribution in [-0.4, -0.2) is 22.6 Å². The van der Waals surface area contributed by atoms with Gasteiger partial charge in [-0.3, -0.25) is 14.2 Å². The highest BCUT2D eigenvalue weighted by atomic mass is 16.5. The Labute approximate surface area is 180 Å². The lowest BCUT2D eigenvalue weighted by Gasteiger charge is -2.09. The molecule has 0 bridgehead atoms. The van der Waals surface area contributed by atoms with E-state index < -0.39 is 0 Å². The van der Waals surface area contributed by atoms with Crippen LogP contribution in [0.3, 0.4) is 0 Å². The third kappa shape index (κ3) is 4.64. The predicted octanol–water partition coefficient (Wildman–Crippen LogP) is 3.69. The Morgan fingerprint density at radius 3 is 2.42 bits per heavy atom. The van der Waals surface area contributed by atoms with Crippen LogP contribution in [0.4, 0.5) is 0 Å². The zero-order chi connectivity index (χ0) is 21.8. The van der Waals surface area contributed by atoms with Crippen LogP contribution in [0.2, 0.25) is 0 Å². The fourth-order valence-electron chi connectivity index (χ4n) is 3.33. The minimum Gasteiger partial charge on any atom is -0.497 e. The SMILES string of the molecule is COc1ccc(Cn2cnc3ccc(C(=O)NCc4ccc(C)cc4)cc3c2=O)cc1. The van der Waals surface area contributed by atoms with Gasteiger partial charge in [0, 0.05) is 12.1 Å². The molecule has 1 N–H and O–H groups in total. The molecule has 0 radical (unpaired) electrons. The van der Waals surface area contributed by atoms with Gasteiger partial charge in [0.05, 0.1) is 30.9 Å². The van der Waals surface area contributed by atoms with Crippen molar-refractivity contribution in [3.63, 3.8) is 0 Å². The fraction of sp³-hybridized carbons (Fsp3) is 0.160. The molecule has 1 aromatic heterocycles. The number of nitrogens with zero attached hydrogens (tertiary/aromatic N) is 2. The molecule has 6 heteroatoms. The summed E-state index contributed by atoms with van der Waals surface area (Å²) in [5, 5.41) is 3.32. The summed E-state index contributed by atoms with van der Waals surface area (Å²) in [6.45, 7) is 2.83. The molecule has 0 atom stereocenters. The molecule has 0 unspecified atom stereocenters. The Kier molecular flexibility index (Phi) is 5.80. The Balaban J connectivity index is 1.55. The van der Waals surface area contributed by atoms with Crippen molar-refractivity contribution in [1.82, 2.24) is 14.9 Å². The van der Waals surface area contributed by atoms with E-state index in [-0.39, 0.29) is 11.5 Å². The topological polar surface area (TPSA) is 73.2 Å². The number of amides is 1. The van der Waals surface area contributed by atoms with E-state index in [2.05, 4.69) is 10.3 Å². The Morgan fingerprint density at radius 1 is 1.00 bits per heavy atom. The zero-order valence-electron chi connectivity index (χ0n) is 17.5. The number of methoxy groups -OCH3 is 1. The van der Waals surface area contributed by atoms with Crippen LogP contribution in [0.25, 0.3) is 10.9 Å². The summed E-state index contributed by atoms with van der Waals surface area (Å²) in [5.74, 6) is 0.529. The van der Waals surface area contributed by atoms with Gasteiger partial charge in [-0.2, -0.15) is 0 Å². The molecule has 0 spiro atoms. The van der Waals surface area contributed by atoms with Crippen LogP contribution >= 0.6 is 0 Å². The molecule has 0 aliphatic rings. The highest BCUT2D eigenvalue weighted by Crippen LogP contribution is 2.14. The molecule has 0 saturated carbocycles. The highest BCUT2D eigenvalue weighted by Gasteiger charge is 2.10. The van der Waals surface area contributed by atoms with E-state index in [0.717, 1.165) is 16.9 Å². The summed E-state index contributed by atoms with van der Waals surface area (Å²) in [4.78, 5) is 30.0. The van der Waals surface area contributed by atoms with Crippen LogP contribution < -0.4 is 15.6 Å². The number of benzene rings is 3. The first-order valence-electron chi connectivity index (χ1n) is 9.99. The van der Waals surface area contributed by atoms with Gasteiger partial charge in [-0.05, 0) is 48.4 Å². The average Bonchev–Trinajstić information content (AvgIpc) is 2.80. The highest BCUT2D eigenvalue weighted by molar-refractivity contribution is 5.97. The Morgan fingerprint density at radius 2 is 1.71 bits per heavy atom. The molecule has 3 aromatic carbocycles. The first kappa shape index (κ1) is 20.3. The lowest BCUT2D eigenvalue weighted by Crippen LogP contribution is -2.24. The maximum Gasteiger partial charge on any atom is 0.261 e. The van der Waals surface area contributed by atoms with Crippen molar-refractivity contribution in [3.8, 4) is 5.75 Å². The predicted molar refractivity (Wildman–Crippen MR) is 120 cm³/mol.